The van der Waals surface area contributed by atoms with Gasteiger partial charge in [-0.15, -0.1) is 12.4 Å². The fourth-order valence-corrected chi connectivity index (χ4v) is 1.50. The molecule has 0 aliphatic carbocycles. The van der Waals surface area contributed by atoms with Crippen LogP contribution in [0.2, 0.25) is 0 Å². The van der Waals surface area contributed by atoms with Gasteiger partial charge in [0.15, 0.2) is 0 Å². The third-order valence-electron chi connectivity index (χ3n) is 2.31. The Hall–Kier alpha value is 0.130. The van der Waals surface area contributed by atoms with Crippen LogP contribution < -0.4 is 5.32 Å². The van der Waals surface area contributed by atoms with Crippen LogP contribution in [0, 0.1) is 0 Å². The zero-order valence-corrected chi connectivity index (χ0v) is 8.76. The van der Waals surface area contributed by atoms with Crippen LogP contribution in [0.25, 0.3) is 0 Å². The van der Waals surface area contributed by atoms with E-state index in [1.165, 1.54) is 0 Å². The highest BCUT2D eigenvalue weighted by molar-refractivity contribution is 5.85. The fourth-order valence-electron chi connectivity index (χ4n) is 1.50. The first-order valence-corrected chi connectivity index (χ1v) is 4.49. The predicted molar refractivity (Wildman–Crippen MR) is 54.0 cm³/mol. The Morgan fingerprint density at radius 1 is 1.46 bits per heavy atom. The monoisotopic (exact) mass is 210 g/mol. The topological polar surface area (TPSA) is 55.7 Å². The van der Waals surface area contributed by atoms with E-state index >= 15 is 0 Å². The molecule has 3 N–H and O–H groups in total. The molecule has 0 spiro atoms. The Kier molecular flexibility index (Phi) is 6.63. The van der Waals surface area contributed by atoms with Crippen LogP contribution in [0.5, 0.6) is 0 Å². The Bertz CT molecular complexity index is 129. The van der Waals surface area contributed by atoms with Crippen molar-refractivity contribution in [1.29, 1.82) is 0 Å². The fraction of sp³-hybridized carbons (Fsp3) is 1.00. The lowest BCUT2D eigenvalue weighted by atomic mass is 10.1. The summed E-state index contributed by atoms with van der Waals surface area (Å²) in [5.74, 6) is 0. The number of halogens is 1. The predicted octanol–water partition coefficient (Wildman–Crippen LogP) is -0.597. The maximum absolute atomic E-state index is 9.54. The number of nitrogens with one attached hydrogen (secondary N) is 1. The minimum atomic E-state index is -0.400. The van der Waals surface area contributed by atoms with Crippen molar-refractivity contribution in [3.8, 4) is 0 Å². The van der Waals surface area contributed by atoms with Gasteiger partial charge >= 0.3 is 0 Å². The van der Waals surface area contributed by atoms with Gasteiger partial charge in [-0.3, -0.25) is 4.90 Å². The van der Waals surface area contributed by atoms with E-state index in [1.807, 2.05) is 11.9 Å². The minimum absolute atomic E-state index is 0. The molecule has 1 heterocycles. The molecule has 1 unspecified atom stereocenters. The summed E-state index contributed by atoms with van der Waals surface area (Å²) in [5, 5.41) is 21.7. The SMILES string of the molecule is CNCC(O)N1CCC(O)CC1.Cl. The molecule has 0 bridgehead atoms. The molecule has 0 radical (unpaired) electrons. The van der Waals surface area contributed by atoms with Crippen molar-refractivity contribution in [2.75, 3.05) is 26.7 Å². The van der Waals surface area contributed by atoms with E-state index in [0.717, 1.165) is 25.9 Å². The number of likely N-dealkylation sites (N-methyl/N-ethyl adjacent to an activating group) is 1. The van der Waals surface area contributed by atoms with E-state index in [4.69, 9.17) is 0 Å². The quantitative estimate of drug-likeness (QED) is 0.583. The molecule has 4 nitrogen and oxygen atoms in total. The van der Waals surface area contributed by atoms with Crippen molar-refractivity contribution in [3.05, 3.63) is 0 Å². The van der Waals surface area contributed by atoms with Gasteiger partial charge in [-0.1, -0.05) is 0 Å². The summed E-state index contributed by atoms with van der Waals surface area (Å²) >= 11 is 0. The van der Waals surface area contributed by atoms with E-state index in [-0.39, 0.29) is 18.5 Å². The maximum Gasteiger partial charge on any atom is 0.119 e. The minimum Gasteiger partial charge on any atom is -0.393 e. The van der Waals surface area contributed by atoms with Gasteiger partial charge in [0, 0.05) is 19.6 Å². The van der Waals surface area contributed by atoms with E-state index in [9.17, 15) is 10.2 Å². The van der Waals surface area contributed by atoms with Crippen molar-refractivity contribution in [2.45, 2.75) is 25.2 Å². The zero-order valence-electron chi connectivity index (χ0n) is 7.94. The Morgan fingerprint density at radius 2 is 2.00 bits per heavy atom. The number of likely N-dealkylation sites (tertiary alicyclic amines) is 1. The number of nitrogens with zero attached hydrogens (tertiary/aromatic N) is 1. The van der Waals surface area contributed by atoms with E-state index in [0.29, 0.717) is 6.54 Å². The molecule has 13 heavy (non-hydrogen) atoms. The summed E-state index contributed by atoms with van der Waals surface area (Å²) in [4.78, 5) is 1.99. The lowest BCUT2D eigenvalue weighted by molar-refractivity contribution is -0.0301. The molecule has 0 saturated carbocycles. The van der Waals surface area contributed by atoms with Crippen molar-refractivity contribution in [3.63, 3.8) is 0 Å². The van der Waals surface area contributed by atoms with Gasteiger partial charge in [0.1, 0.15) is 6.23 Å². The van der Waals surface area contributed by atoms with Crippen LogP contribution in [0.4, 0.5) is 0 Å². The Labute approximate surface area is 85.3 Å². The average molecular weight is 211 g/mol. The molecule has 5 heteroatoms. The van der Waals surface area contributed by atoms with Crippen LogP contribution in [0.1, 0.15) is 12.8 Å². The molecule has 0 aromatic rings. The Balaban J connectivity index is 0.00000144. The molecule has 1 atom stereocenters. The zero-order chi connectivity index (χ0) is 8.97. The summed E-state index contributed by atoms with van der Waals surface area (Å²) in [6.07, 6.45) is 0.993. The third kappa shape index (κ3) is 4.24. The third-order valence-corrected chi connectivity index (χ3v) is 2.31. The van der Waals surface area contributed by atoms with Gasteiger partial charge in [0.2, 0.25) is 0 Å². The van der Waals surface area contributed by atoms with Gasteiger partial charge in [0.05, 0.1) is 6.10 Å². The van der Waals surface area contributed by atoms with E-state index < -0.39 is 6.23 Å². The van der Waals surface area contributed by atoms with Crippen LogP contribution >= 0.6 is 12.4 Å². The number of aliphatic hydroxyl groups excluding tert-OH is 2. The highest BCUT2D eigenvalue weighted by atomic mass is 35.5. The molecule has 1 aliphatic heterocycles. The second-order valence-electron chi connectivity index (χ2n) is 3.31. The molecule has 1 saturated heterocycles. The molecule has 1 rings (SSSR count). The van der Waals surface area contributed by atoms with Gasteiger partial charge in [-0.05, 0) is 19.9 Å². The second-order valence-corrected chi connectivity index (χ2v) is 3.31. The maximum atomic E-state index is 9.54. The van der Waals surface area contributed by atoms with Crippen molar-refractivity contribution in [1.82, 2.24) is 10.2 Å². The van der Waals surface area contributed by atoms with Gasteiger partial charge < -0.3 is 15.5 Å². The van der Waals surface area contributed by atoms with Crippen LogP contribution in [-0.2, 0) is 0 Å². The van der Waals surface area contributed by atoms with Crippen LogP contribution in [-0.4, -0.2) is 54.1 Å². The van der Waals surface area contributed by atoms with Crippen LogP contribution in [0.3, 0.4) is 0 Å². The molecule has 0 amide bonds. The van der Waals surface area contributed by atoms with Crippen molar-refractivity contribution < 1.29 is 10.2 Å². The van der Waals surface area contributed by atoms with Gasteiger partial charge in [-0.25, -0.2) is 0 Å². The number of hydrogen-bond acceptors (Lipinski definition) is 4. The van der Waals surface area contributed by atoms with E-state index in [1.54, 1.807) is 0 Å². The smallest absolute Gasteiger partial charge is 0.119 e. The lowest BCUT2D eigenvalue weighted by Gasteiger charge is -2.33. The average Bonchev–Trinajstić information content (AvgIpc) is 2.06. The first-order valence-electron chi connectivity index (χ1n) is 4.49. The molecule has 1 aliphatic rings. The highest BCUT2D eigenvalue weighted by Gasteiger charge is 2.21. The molecule has 0 aromatic heterocycles. The lowest BCUT2D eigenvalue weighted by Crippen LogP contribution is -2.46. The largest absolute Gasteiger partial charge is 0.393 e. The molecular weight excluding hydrogens is 192 g/mol. The molecule has 80 valence electrons. The number of aliphatic hydroxyl groups is 2. The second kappa shape index (κ2) is 6.56. The molecular formula is C8H19ClN2O2. The first kappa shape index (κ1) is 13.1. The summed E-state index contributed by atoms with van der Waals surface area (Å²) in [6, 6.07) is 0. The van der Waals surface area contributed by atoms with Gasteiger partial charge in [0.25, 0.3) is 0 Å². The summed E-state index contributed by atoms with van der Waals surface area (Å²) in [5.41, 5.74) is 0. The Morgan fingerprint density at radius 3 is 2.46 bits per heavy atom. The summed E-state index contributed by atoms with van der Waals surface area (Å²) < 4.78 is 0. The number of piperidine rings is 1. The highest BCUT2D eigenvalue weighted by Crippen LogP contribution is 2.11. The summed E-state index contributed by atoms with van der Waals surface area (Å²) in [6.45, 7) is 2.18. The molecule has 0 aromatic carbocycles. The standard InChI is InChI=1S/C8H18N2O2.ClH/c1-9-6-8(12)10-4-2-7(11)3-5-10;/h7-9,11-12H,2-6H2,1H3;1H. The molecule has 1 fully saturated rings. The number of hydrogen-bond donors (Lipinski definition) is 3. The van der Waals surface area contributed by atoms with Gasteiger partial charge in [-0.2, -0.15) is 0 Å². The first-order chi connectivity index (χ1) is 5.74. The van der Waals surface area contributed by atoms with Crippen molar-refractivity contribution >= 4 is 12.4 Å². The van der Waals surface area contributed by atoms with E-state index in [2.05, 4.69) is 5.32 Å². The van der Waals surface area contributed by atoms with Crippen molar-refractivity contribution in [2.24, 2.45) is 0 Å². The summed E-state index contributed by atoms with van der Waals surface area (Å²) in [7, 11) is 1.82. The number of rotatable bonds is 3. The van der Waals surface area contributed by atoms with Crippen LogP contribution in [0.15, 0.2) is 0 Å². The normalized spacial score (nSPS) is 22.4.